The third-order valence-corrected chi connectivity index (χ3v) is 4.72. The summed E-state index contributed by atoms with van der Waals surface area (Å²) >= 11 is 1.70. The molecule has 0 spiro atoms. The Morgan fingerprint density at radius 3 is 2.95 bits per heavy atom. The lowest BCUT2D eigenvalue weighted by Crippen LogP contribution is -1.96. The van der Waals surface area contributed by atoms with E-state index in [1.165, 1.54) is 23.4 Å². The second-order valence-corrected chi connectivity index (χ2v) is 6.03. The van der Waals surface area contributed by atoms with Gasteiger partial charge in [0.2, 0.25) is 0 Å². The number of para-hydroxylation sites is 1. The second-order valence-electron chi connectivity index (χ2n) is 4.95. The molecular formula is C15H14N2OS. The van der Waals surface area contributed by atoms with Crippen LogP contribution < -0.4 is 5.73 Å². The van der Waals surface area contributed by atoms with Crippen LogP contribution in [0.2, 0.25) is 0 Å². The summed E-state index contributed by atoms with van der Waals surface area (Å²) in [6.45, 7) is 0.583. The molecule has 3 nitrogen and oxygen atoms in total. The minimum absolute atomic E-state index is 0.583. The average molecular weight is 270 g/mol. The number of nitrogens with two attached hydrogens (primary N) is 1. The van der Waals surface area contributed by atoms with Gasteiger partial charge in [-0.2, -0.15) is 0 Å². The standard InChI is InChI=1S/C15H14N2OS/c16-7-13-14(9-5-6-9)17-15(19-13)11-8-18-12-4-2-1-3-10(11)12/h1-4,8-9H,5-7,16H2. The van der Waals surface area contributed by atoms with Crippen LogP contribution in [-0.4, -0.2) is 4.98 Å². The van der Waals surface area contributed by atoms with E-state index in [0.29, 0.717) is 12.5 Å². The van der Waals surface area contributed by atoms with Crippen LogP contribution in [0, 0.1) is 0 Å². The van der Waals surface area contributed by atoms with Crippen LogP contribution >= 0.6 is 11.3 Å². The van der Waals surface area contributed by atoms with E-state index >= 15 is 0 Å². The summed E-state index contributed by atoms with van der Waals surface area (Å²) in [5.41, 5.74) is 9.06. The fourth-order valence-electron chi connectivity index (χ4n) is 2.44. The molecule has 2 aromatic heterocycles. The van der Waals surface area contributed by atoms with E-state index in [1.54, 1.807) is 17.6 Å². The molecule has 96 valence electrons. The van der Waals surface area contributed by atoms with Gasteiger partial charge in [0.05, 0.1) is 11.3 Å². The summed E-state index contributed by atoms with van der Waals surface area (Å²) < 4.78 is 5.60. The number of rotatable bonds is 3. The lowest BCUT2D eigenvalue weighted by atomic mass is 10.2. The minimum Gasteiger partial charge on any atom is -0.464 e. The number of nitrogens with zero attached hydrogens (tertiary/aromatic N) is 1. The van der Waals surface area contributed by atoms with E-state index in [4.69, 9.17) is 15.1 Å². The highest BCUT2D eigenvalue weighted by Gasteiger charge is 2.29. The summed E-state index contributed by atoms with van der Waals surface area (Å²) in [5, 5.41) is 2.16. The Hall–Kier alpha value is -1.65. The maximum atomic E-state index is 5.84. The molecule has 4 heteroatoms. The Kier molecular flexibility index (Phi) is 2.47. The van der Waals surface area contributed by atoms with Crippen molar-refractivity contribution in [3.05, 3.63) is 41.1 Å². The number of hydrogen-bond donors (Lipinski definition) is 1. The molecule has 19 heavy (non-hydrogen) atoms. The maximum Gasteiger partial charge on any atom is 0.134 e. The summed E-state index contributed by atoms with van der Waals surface area (Å²) in [6.07, 6.45) is 4.31. The Labute approximate surface area is 115 Å². The van der Waals surface area contributed by atoms with Crippen LogP contribution in [0.1, 0.15) is 29.3 Å². The van der Waals surface area contributed by atoms with Gasteiger partial charge in [-0.15, -0.1) is 11.3 Å². The van der Waals surface area contributed by atoms with E-state index in [0.717, 1.165) is 21.5 Å². The van der Waals surface area contributed by atoms with Gasteiger partial charge in [0.15, 0.2) is 0 Å². The smallest absolute Gasteiger partial charge is 0.134 e. The first kappa shape index (κ1) is 11.2. The van der Waals surface area contributed by atoms with Crippen molar-refractivity contribution in [2.24, 2.45) is 5.73 Å². The first-order valence-corrected chi connectivity index (χ1v) is 7.34. The van der Waals surface area contributed by atoms with Crippen molar-refractivity contribution in [1.82, 2.24) is 4.98 Å². The zero-order valence-electron chi connectivity index (χ0n) is 10.4. The molecule has 0 saturated heterocycles. The van der Waals surface area contributed by atoms with Crippen LogP contribution in [0.3, 0.4) is 0 Å². The maximum absolute atomic E-state index is 5.84. The van der Waals surface area contributed by atoms with Crippen molar-refractivity contribution in [2.75, 3.05) is 0 Å². The molecule has 1 saturated carbocycles. The van der Waals surface area contributed by atoms with Gasteiger partial charge < -0.3 is 10.2 Å². The van der Waals surface area contributed by atoms with E-state index in [9.17, 15) is 0 Å². The van der Waals surface area contributed by atoms with Gasteiger partial charge in [-0.1, -0.05) is 18.2 Å². The summed E-state index contributed by atoms with van der Waals surface area (Å²) in [5.74, 6) is 0.640. The van der Waals surface area contributed by atoms with Crippen LogP contribution in [0.25, 0.3) is 21.5 Å². The zero-order chi connectivity index (χ0) is 12.8. The molecular weight excluding hydrogens is 256 g/mol. The number of aromatic nitrogens is 1. The van der Waals surface area contributed by atoms with Crippen LogP contribution in [0.15, 0.2) is 34.9 Å². The Bertz CT molecular complexity index is 740. The van der Waals surface area contributed by atoms with Crippen molar-refractivity contribution in [2.45, 2.75) is 25.3 Å². The summed E-state index contributed by atoms with van der Waals surface area (Å²) in [6, 6.07) is 8.07. The quantitative estimate of drug-likeness (QED) is 0.785. The van der Waals surface area contributed by atoms with E-state index in [-0.39, 0.29) is 0 Å². The molecule has 1 fully saturated rings. The monoisotopic (exact) mass is 270 g/mol. The number of fused-ring (bicyclic) bond motifs is 1. The molecule has 0 aliphatic heterocycles. The number of hydrogen-bond acceptors (Lipinski definition) is 4. The van der Waals surface area contributed by atoms with Crippen LogP contribution in [0.4, 0.5) is 0 Å². The minimum atomic E-state index is 0.583. The third kappa shape index (κ3) is 1.79. The molecule has 1 aromatic carbocycles. The van der Waals surface area contributed by atoms with Crippen molar-refractivity contribution >= 4 is 22.3 Å². The van der Waals surface area contributed by atoms with E-state index in [1.807, 2.05) is 18.2 Å². The fraction of sp³-hybridized carbons (Fsp3) is 0.267. The number of benzene rings is 1. The topological polar surface area (TPSA) is 52.0 Å². The molecule has 0 radical (unpaired) electrons. The Morgan fingerprint density at radius 2 is 2.16 bits per heavy atom. The highest BCUT2D eigenvalue weighted by molar-refractivity contribution is 7.15. The molecule has 4 rings (SSSR count). The Morgan fingerprint density at radius 1 is 1.32 bits per heavy atom. The molecule has 0 atom stereocenters. The van der Waals surface area contributed by atoms with Crippen molar-refractivity contribution in [1.29, 1.82) is 0 Å². The first-order valence-electron chi connectivity index (χ1n) is 6.53. The molecule has 0 bridgehead atoms. The Balaban J connectivity index is 1.87. The van der Waals surface area contributed by atoms with E-state index < -0.39 is 0 Å². The lowest BCUT2D eigenvalue weighted by Gasteiger charge is -1.93. The first-order chi connectivity index (χ1) is 9.36. The molecule has 0 unspecified atom stereocenters. The normalized spacial score (nSPS) is 15.2. The second kappa shape index (κ2) is 4.18. The largest absolute Gasteiger partial charge is 0.464 e. The molecule has 3 aromatic rings. The van der Waals surface area contributed by atoms with Gasteiger partial charge in [-0.05, 0) is 18.9 Å². The fourth-order valence-corrected chi connectivity index (χ4v) is 3.49. The third-order valence-electron chi connectivity index (χ3n) is 3.59. The summed E-state index contributed by atoms with van der Waals surface area (Å²) in [7, 11) is 0. The number of thiazole rings is 1. The van der Waals surface area contributed by atoms with Crippen LogP contribution in [0.5, 0.6) is 0 Å². The van der Waals surface area contributed by atoms with E-state index in [2.05, 4.69) is 6.07 Å². The van der Waals surface area contributed by atoms with Crippen LogP contribution in [-0.2, 0) is 6.54 Å². The van der Waals surface area contributed by atoms with Gasteiger partial charge in [0.25, 0.3) is 0 Å². The molecule has 1 aliphatic carbocycles. The van der Waals surface area contributed by atoms with Crippen molar-refractivity contribution in [3.8, 4) is 10.6 Å². The van der Waals surface area contributed by atoms with Gasteiger partial charge in [0.1, 0.15) is 16.9 Å². The van der Waals surface area contributed by atoms with Crippen molar-refractivity contribution in [3.63, 3.8) is 0 Å². The van der Waals surface area contributed by atoms with Gasteiger partial charge in [-0.25, -0.2) is 4.98 Å². The molecule has 0 amide bonds. The number of furan rings is 1. The highest BCUT2D eigenvalue weighted by atomic mass is 32.1. The molecule has 1 aliphatic rings. The average Bonchev–Trinajstić information content (AvgIpc) is 3.06. The molecule has 2 N–H and O–H groups in total. The lowest BCUT2D eigenvalue weighted by molar-refractivity contribution is 0.617. The van der Waals surface area contributed by atoms with Gasteiger partial charge in [0, 0.05) is 22.7 Å². The summed E-state index contributed by atoms with van der Waals surface area (Å²) in [4.78, 5) is 6.04. The SMILES string of the molecule is NCc1sc(-c2coc3ccccc23)nc1C1CC1. The van der Waals surface area contributed by atoms with Gasteiger partial charge >= 0.3 is 0 Å². The highest BCUT2D eigenvalue weighted by Crippen LogP contribution is 2.45. The predicted octanol–water partition coefficient (Wildman–Crippen LogP) is 3.89. The van der Waals surface area contributed by atoms with Crippen molar-refractivity contribution < 1.29 is 4.42 Å². The zero-order valence-corrected chi connectivity index (χ0v) is 11.2. The van der Waals surface area contributed by atoms with Gasteiger partial charge in [-0.3, -0.25) is 0 Å². The molecule has 2 heterocycles. The predicted molar refractivity (Wildman–Crippen MR) is 77.2 cm³/mol.